The Morgan fingerprint density at radius 3 is 2.43 bits per heavy atom. The number of aromatic nitrogens is 3. The van der Waals surface area contributed by atoms with Crippen LogP contribution in [-0.4, -0.2) is 29.4 Å². The molecule has 5 nitrogen and oxygen atoms in total. The van der Waals surface area contributed by atoms with Gasteiger partial charge in [-0.2, -0.15) is 5.10 Å². The molecular weight excluding hydrogens is 411 g/mol. The summed E-state index contributed by atoms with van der Waals surface area (Å²) >= 11 is 1.11. The van der Waals surface area contributed by atoms with Crippen molar-refractivity contribution in [2.45, 2.75) is 11.3 Å². The van der Waals surface area contributed by atoms with E-state index in [0.29, 0.717) is 16.0 Å². The summed E-state index contributed by atoms with van der Waals surface area (Å²) in [5, 5.41) is 4.16. The second-order valence-electron chi connectivity index (χ2n) is 6.05. The van der Waals surface area contributed by atoms with Crippen molar-refractivity contribution in [2.24, 2.45) is 0 Å². The molecule has 0 spiro atoms. The number of sulfone groups is 1. The number of hydrogen-bond acceptors (Lipinski definition) is 5. The molecule has 0 unspecified atom stereocenters. The van der Waals surface area contributed by atoms with Crippen LogP contribution >= 0.6 is 11.3 Å². The van der Waals surface area contributed by atoms with Gasteiger partial charge in [-0.1, -0.05) is 29.5 Å². The van der Waals surface area contributed by atoms with Crippen LogP contribution in [0.2, 0.25) is 0 Å². The number of para-hydroxylation sites is 1. The van der Waals surface area contributed by atoms with Crippen LogP contribution in [0, 0.1) is 5.82 Å². The van der Waals surface area contributed by atoms with Crippen LogP contribution in [0.3, 0.4) is 0 Å². The van der Waals surface area contributed by atoms with Gasteiger partial charge in [0.2, 0.25) is 5.13 Å². The van der Waals surface area contributed by atoms with Crippen LogP contribution in [0.15, 0.2) is 53.4 Å². The zero-order valence-electron chi connectivity index (χ0n) is 14.3. The maximum atomic E-state index is 14.0. The smallest absolute Gasteiger partial charge is 0.224 e. The maximum absolute atomic E-state index is 14.0. The summed E-state index contributed by atoms with van der Waals surface area (Å²) in [5.41, 5.74) is 0.457. The Morgan fingerprint density at radius 1 is 1.11 bits per heavy atom. The molecule has 0 aliphatic rings. The average Bonchev–Trinajstić information content (AvgIpc) is 3.26. The maximum Gasteiger partial charge on any atom is 0.282 e. The predicted molar refractivity (Wildman–Crippen MR) is 100 cm³/mol. The lowest BCUT2D eigenvalue weighted by atomic mass is 10.1. The molecule has 0 aliphatic carbocycles. The molecule has 0 bridgehead atoms. The van der Waals surface area contributed by atoms with Crippen LogP contribution in [0.4, 0.5) is 13.2 Å². The van der Waals surface area contributed by atoms with Crippen molar-refractivity contribution < 1.29 is 21.6 Å². The molecule has 10 heteroatoms. The molecule has 0 saturated carbocycles. The van der Waals surface area contributed by atoms with E-state index in [4.69, 9.17) is 0 Å². The van der Waals surface area contributed by atoms with E-state index in [1.165, 1.54) is 47.1 Å². The summed E-state index contributed by atoms with van der Waals surface area (Å²) < 4.78 is 65.5. The first-order chi connectivity index (χ1) is 13.2. The van der Waals surface area contributed by atoms with Crippen LogP contribution in [0.25, 0.3) is 26.6 Å². The number of halogens is 3. The van der Waals surface area contributed by atoms with Crippen molar-refractivity contribution in [3.05, 3.63) is 60.0 Å². The van der Waals surface area contributed by atoms with Crippen molar-refractivity contribution in [1.29, 1.82) is 0 Å². The molecule has 0 saturated heterocycles. The van der Waals surface area contributed by atoms with Crippen LogP contribution in [0.1, 0.15) is 12.1 Å². The predicted octanol–water partition coefficient (Wildman–Crippen LogP) is 4.63. The molecule has 4 rings (SSSR count). The minimum Gasteiger partial charge on any atom is -0.224 e. The largest absolute Gasteiger partial charge is 0.282 e. The number of nitrogens with zero attached hydrogens (tertiary/aromatic N) is 3. The minimum absolute atomic E-state index is 0.110. The SMILES string of the molecule is CS(=O)(=O)c1ccc(-c2cc(C(F)F)nn2-c2nc3c(F)cccc3s2)cc1. The first-order valence-electron chi connectivity index (χ1n) is 7.98. The molecule has 0 aliphatic heterocycles. The van der Waals surface area contributed by atoms with Gasteiger partial charge in [0, 0.05) is 11.8 Å². The molecule has 0 amide bonds. The van der Waals surface area contributed by atoms with Gasteiger partial charge < -0.3 is 0 Å². The molecule has 0 atom stereocenters. The van der Waals surface area contributed by atoms with Gasteiger partial charge in [-0.05, 0) is 30.3 Å². The zero-order chi connectivity index (χ0) is 20.1. The summed E-state index contributed by atoms with van der Waals surface area (Å²) in [5.74, 6) is -0.514. The Morgan fingerprint density at radius 2 is 1.82 bits per heavy atom. The number of thiazole rings is 1. The Balaban J connectivity index is 1.89. The fraction of sp³-hybridized carbons (Fsp3) is 0.111. The second-order valence-corrected chi connectivity index (χ2v) is 9.07. The van der Waals surface area contributed by atoms with E-state index in [2.05, 4.69) is 10.1 Å². The molecule has 2 aromatic carbocycles. The fourth-order valence-corrected chi connectivity index (χ4v) is 4.30. The van der Waals surface area contributed by atoms with Crippen molar-refractivity contribution in [3.8, 4) is 16.4 Å². The van der Waals surface area contributed by atoms with Gasteiger partial charge in [-0.3, -0.25) is 0 Å². The lowest BCUT2D eigenvalue weighted by Gasteiger charge is -2.05. The Hall–Kier alpha value is -2.72. The first-order valence-corrected chi connectivity index (χ1v) is 10.7. The van der Waals surface area contributed by atoms with E-state index in [0.717, 1.165) is 17.6 Å². The summed E-state index contributed by atoms with van der Waals surface area (Å²) in [4.78, 5) is 4.31. The lowest BCUT2D eigenvalue weighted by Crippen LogP contribution is -2.00. The quantitative estimate of drug-likeness (QED) is 0.480. The number of alkyl halides is 2. The van der Waals surface area contributed by atoms with Gasteiger partial charge in [0.15, 0.2) is 9.84 Å². The highest BCUT2D eigenvalue weighted by Crippen LogP contribution is 2.32. The Kier molecular flexibility index (Phi) is 4.47. The zero-order valence-corrected chi connectivity index (χ0v) is 15.9. The normalized spacial score (nSPS) is 12.2. The summed E-state index contributed by atoms with van der Waals surface area (Å²) in [6.45, 7) is 0. The lowest BCUT2D eigenvalue weighted by molar-refractivity contribution is 0.145. The average molecular weight is 423 g/mol. The van der Waals surface area contributed by atoms with E-state index in [9.17, 15) is 21.6 Å². The third kappa shape index (κ3) is 3.29. The number of rotatable bonds is 4. The summed E-state index contributed by atoms with van der Waals surface area (Å²) in [6.07, 6.45) is -1.72. The molecule has 28 heavy (non-hydrogen) atoms. The van der Waals surface area contributed by atoms with Gasteiger partial charge in [0.05, 0.1) is 15.3 Å². The van der Waals surface area contributed by atoms with Gasteiger partial charge in [0.25, 0.3) is 6.43 Å². The third-order valence-electron chi connectivity index (χ3n) is 4.07. The highest BCUT2D eigenvalue weighted by molar-refractivity contribution is 7.90. The fourth-order valence-electron chi connectivity index (χ4n) is 2.72. The van der Waals surface area contributed by atoms with E-state index in [1.54, 1.807) is 6.07 Å². The molecule has 4 aromatic rings. The van der Waals surface area contributed by atoms with Gasteiger partial charge in [-0.15, -0.1) is 0 Å². The molecule has 2 aromatic heterocycles. The van der Waals surface area contributed by atoms with E-state index < -0.39 is 27.8 Å². The summed E-state index contributed by atoms with van der Waals surface area (Å²) in [7, 11) is -3.39. The topological polar surface area (TPSA) is 64.8 Å². The number of hydrogen-bond donors (Lipinski definition) is 0. The van der Waals surface area contributed by atoms with Gasteiger partial charge in [-0.25, -0.2) is 31.3 Å². The van der Waals surface area contributed by atoms with Crippen molar-refractivity contribution in [1.82, 2.24) is 14.8 Å². The molecule has 0 fully saturated rings. The molecule has 2 heterocycles. The highest BCUT2D eigenvalue weighted by atomic mass is 32.2. The second kappa shape index (κ2) is 6.71. The molecular formula is C18H12F3N3O2S2. The van der Waals surface area contributed by atoms with Crippen molar-refractivity contribution in [2.75, 3.05) is 6.26 Å². The van der Waals surface area contributed by atoms with Gasteiger partial charge in [0.1, 0.15) is 17.0 Å². The third-order valence-corrected chi connectivity index (χ3v) is 6.19. The van der Waals surface area contributed by atoms with Crippen LogP contribution < -0.4 is 0 Å². The van der Waals surface area contributed by atoms with E-state index in [1.807, 2.05) is 0 Å². The van der Waals surface area contributed by atoms with E-state index in [-0.39, 0.29) is 15.5 Å². The molecule has 0 radical (unpaired) electrons. The molecule has 144 valence electrons. The van der Waals surface area contributed by atoms with Crippen LogP contribution in [0.5, 0.6) is 0 Å². The number of fused-ring (bicyclic) bond motifs is 1. The molecule has 0 N–H and O–H groups in total. The van der Waals surface area contributed by atoms with E-state index >= 15 is 0 Å². The van der Waals surface area contributed by atoms with Gasteiger partial charge >= 0.3 is 0 Å². The minimum atomic E-state index is -3.39. The Labute approximate surface area is 162 Å². The van der Waals surface area contributed by atoms with Crippen LogP contribution in [-0.2, 0) is 9.84 Å². The standard InChI is InChI=1S/C18H12F3N3O2S2/c1-28(25,26)11-7-5-10(6-8-11)14-9-13(17(20)21)23-24(14)18-22-16-12(19)3-2-4-15(16)27-18/h2-9,17H,1H3. The monoisotopic (exact) mass is 423 g/mol. The van der Waals surface area contributed by atoms with Crippen molar-refractivity contribution in [3.63, 3.8) is 0 Å². The first kappa shape index (κ1) is 18.6. The van der Waals surface area contributed by atoms with Crippen molar-refractivity contribution >= 4 is 31.4 Å². The Bertz CT molecular complexity index is 1280. The summed E-state index contributed by atoms with van der Waals surface area (Å²) in [6, 6.07) is 11.5. The highest BCUT2D eigenvalue weighted by Gasteiger charge is 2.20. The number of benzene rings is 2.